The van der Waals surface area contributed by atoms with E-state index in [9.17, 15) is 0 Å². The number of benzene rings is 1. The van der Waals surface area contributed by atoms with Gasteiger partial charge in [-0.25, -0.2) is 4.68 Å². The summed E-state index contributed by atoms with van der Waals surface area (Å²) in [6, 6.07) is 7.77. The Morgan fingerprint density at radius 2 is 2.33 bits per heavy atom. The van der Waals surface area contributed by atoms with Crippen LogP contribution in [0.15, 0.2) is 36.9 Å². The first-order valence-corrected chi connectivity index (χ1v) is 4.91. The molecule has 1 aromatic carbocycles. The second-order valence-corrected chi connectivity index (χ2v) is 3.10. The van der Waals surface area contributed by atoms with Crippen molar-refractivity contribution in [3.05, 3.63) is 36.9 Å². The summed E-state index contributed by atoms with van der Waals surface area (Å²) < 4.78 is 7.21. The Morgan fingerprint density at radius 1 is 1.53 bits per heavy atom. The Hall–Kier alpha value is -1.68. The lowest BCUT2D eigenvalue weighted by Crippen LogP contribution is -2.11. The molecule has 0 amide bonds. The van der Waals surface area contributed by atoms with Gasteiger partial charge in [-0.2, -0.15) is 0 Å². The zero-order valence-corrected chi connectivity index (χ0v) is 8.63. The molecule has 0 unspecified atom stereocenters. The summed E-state index contributed by atoms with van der Waals surface area (Å²) in [5.41, 5.74) is 1.82. The van der Waals surface area contributed by atoms with Gasteiger partial charge in [0, 0.05) is 6.61 Å². The third-order valence-corrected chi connectivity index (χ3v) is 2.16. The number of fused-ring (bicyclic) bond motifs is 1. The fraction of sp³-hybridized carbons (Fsp3) is 0.273. The van der Waals surface area contributed by atoms with Crippen LogP contribution in [-0.4, -0.2) is 21.6 Å². The monoisotopic (exact) mass is 203 g/mol. The second kappa shape index (κ2) is 4.23. The van der Waals surface area contributed by atoms with Crippen molar-refractivity contribution in [2.24, 2.45) is 0 Å². The van der Waals surface area contributed by atoms with E-state index in [2.05, 4.69) is 16.9 Å². The van der Waals surface area contributed by atoms with E-state index >= 15 is 0 Å². The highest BCUT2D eigenvalue weighted by Gasteiger charge is 2.11. The van der Waals surface area contributed by atoms with E-state index < -0.39 is 0 Å². The van der Waals surface area contributed by atoms with Gasteiger partial charge in [0.15, 0.2) is 6.23 Å². The lowest BCUT2D eigenvalue weighted by molar-refractivity contribution is 0.0401. The van der Waals surface area contributed by atoms with Crippen molar-refractivity contribution in [3.8, 4) is 0 Å². The summed E-state index contributed by atoms with van der Waals surface area (Å²) in [5.74, 6) is 0. The van der Waals surface area contributed by atoms with Gasteiger partial charge in [-0.3, -0.25) is 0 Å². The van der Waals surface area contributed by atoms with Gasteiger partial charge in [0.1, 0.15) is 5.52 Å². The minimum absolute atomic E-state index is 0.248. The van der Waals surface area contributed by atoms with Crippen molar-refractivity contribution in [1.29, 1.82) is 0 Å². The fourth-order valence-corrected chi connectivity index (χ4v) is 1.48. The van der Waals surface area contributed by atoms with Gasteiger partial charge < -0.3 is 4.74 Å². The normalized spacial score (nSPS) is 12.9. The Balaban J connectivity index is 2.46. The zero-order chi connectivity index (χ0) is 10.7. The maximum Gasteiger partial charge on any atom is 0.171 e. The lowest BCUT2D eigenvalue weighted by Gasteiger charge is -2.12. The first-order valence-electron chi connectivity index (χ1n) is 4.91. The smallest absolute Gasteiger partial charge is 0.171 e. The molecule has 0 spiro atoms. The molecule has 0 saturated carbocycles. The SMILES string of the molecule is C=C[C@H](OCC)n1nnc2ccccc21. The standard InChI is InChI=1S/C11H13N3O/c1-3-11(15-4-2)14-10-8-6-5-7-9(10)12-13-14/h3,5-8,11H,1,4H2,2H3/t11-/m0/s1. The average molecular weight is 203 g/mol. The summed E-state index contributed by atoms with van der Waals surface area (Å²) in [4.78, 5) is 0. The summed E-state index contributed by atoms with van der Waals surface area (Å²) in [5, 5.41) is 8.11. The van der Waals surface area contributed by atoms with E-state index in [0.717, 1.165) is 11.0 Å². The van der Waals surface area contributed by atoms with Gasteiger partial charge in [-0.1, -0.05) is 23.9 Å². The van der Waals surface area contributed by atoms with E-state index in [-0.39, 0.29) is 6.23 Å². The predicted molar refractivity (Wildman–Crippen MR) is 58.4 cm³/mol. The number of para-hydroxylation sites is 1. The summed E-state index contributed by atoms with van der Waals surface area (Å²) >= 11 is 0. The molecule has 4 heteroatoms. The van der Waals surface area contributed by atoms with Crippen molar-refractivity contribution in [2.45, 2.75) is 13.2 Å². The van der Waals surface area contributed by atoms with Crippen LogP contribution in [-0.2, 0) is 4.74 Å². The molecule has 4 nitrogen and oxygen atoms in total. The summed E-state index contributed by atoms with van der Waals surface area (Å²) in [7, 11) is 0. The van der Waals surface area contributed by atoms with E-state index in [4.69, 9.17) is 4.74 Å². The molecule has 2 aromatic rings. The van der Waals surface area contributed by atoms with E-state index in [0.29, 0.717) is 6.61 Å². The maximum absolute atomic E-state index is 5.49. The molecule has 0 aliphatic rings. The van der Waals surface area contributed by atoms with Crippen LogP contribution >= 0.6 is 0 Å². The van der Waals surface area contributed by atoms with Crippen LogP contribution in [0.25, 0.3) is 11.0 Å². The highest BCUT2D eigenvalue weighted by atomic mass is 16.5. The molecule has 1 heterocycles. The quantitative estimate of drug-likeness (QED) is 0.715. The molecule has 1 atom stereocenters. The molecule has 78 valence electrons. The highest BCUT2D eigenvalue weighted by Crippen LogP contribution is 2.16. The van der Waals surface area contributed by atoms with E-state index in [1.807, 2.05) is 31.2 Å². The van der Waals surface area contributed by atoms with Crippen LogP contribution in [0.4, 0.5) is 0 Å². The molecule has 0 N–H and O–H groups in total. The van der Waals surface area contributed by atoms with Crippen LogP contribution in [0.1, 0.15) is 13.2 Å². The van der Waals surface area contributed by atoms with Gasteiger partial charge in [0.25, 0.3) is 0 Å². The van der Waals surface area contributed by atoms with Crippen LogP contribution in [0, 0.1) is 0 Å². The summed E-state index contributed by atoms with van der Waals surface area (Å²) in [6.45, 7) is 6.28. The Kier molecular flexibility index (Phi) is 2.78. The zero-order valence-electron chi connectivity index (χ0n) is 8.63. The minimum atomic E-state index is -0.248. The van der Waals surface area contributed by atoms with Crippen molar-refractivity contribution in [2.75, 3.05) is 6.61 Å². The Morgan fingerprint density at radius 3 is 3.07 bits per heavy atom. The van der Waals surface area contributed by atoms with Crippen LogP contribution in [0.2, 0.25) is 0 Å². The number of hydrogen-bond acceptors (Lipinski definition) is 3. The molecule has 0 aliphatic heterocycles. The highest BCUT2D eigenvalue weighted by molar-refractivity contribution is 5.73. The first kappa shape index (κ1) is 9.86. The molecule has 1 aromatic heterocycles. The molecule has 0 bridgehead atoms. The molecule has 0 aliphatic carbocycles. The number of ether oxygens (including phenoxy) is 1. The van der Waals surface area contributed by atoms with Gasteiger partial charge in [0.2, 0.25) is 0 Å². The number of hydrogen-bond donors (Lipinski definition) is 0. The van der Waals surface area contributed by atoms with E-state index in [1.54, 1.807) is 10.8 Å². The first-order chi connectivity index (χ1) is 7.36. The number of aromatic nitrogens is 3. The molecular formula is C11H13N3O. The van der Waals surface area contributed by atoms with Gasteiger partial charge in [-0.15, -0.1) is 5.10 Å². The topological polar surface area (TPSA) is 39.9 Å². The minimum Gasteiger partial charge on any atom is -0.353 e. The largest absolute Gasteiger partial charge is 0.353 e. The second-order valence-electron chi connectivity index (χ2n) is 3.10. The van der Waals surface area contributed by atoms with Crippen LogP contribution < -0.4 is 0 Å². The van der Waals surface area contributed by atoms with Gasteiger partial charge in [-0.05, 0) is 25.1 Å². The molecule has 2 rings (SSSR count). The molecule has 15 heavy (non-hydrogen) atoms. The molecule has 0 fully saturated rings. The number of nitrogens with zero attached hydrogens (tertiary/aromatic N) is 3. The van der Waals surface area contributed by atoms with Crippen molar-refractivity contribution < 1.29 is 4.74 Å². The third kappa shape index (κ3) is 1.76. The van der Waals surface area contributed by atoms with Crippen molar-refractivity contribution in [3.63, 3.8) is 0 Å². The molecule has 0 radical (unpaired) electrons. The molecule has 0 saturated heterocycles. The summed E-state index contributed by atoms with van der Waals surface area (Å²) in [6.07, 6.45) is 1.47. The number of rotatable bonds is 4. The van der Waals surface area contributed by atoms with Crippen molar-refractivity contribution >= 4 is 11.0 Å². The predicted octanol–water partition coefficient (Wildman–Crippen LogP) is 2.15. The van der Waals surface area contributed by atoms with Gasteiger partial charge >= 0.3 is 0 Å². The van der Waals surface area contributed by atoms with Crippen molar-refractivity contribution in [1.82, 2.24) is 15.0 Å². The maximum atomic E-state index is 5.49. The lowest BCUT2D eigenvalue weighted by atomic mass is 10.3. The van der Waals surface area contributed by atoms with E-state index in [1.165, 1.54) is 0 Å². The Bertz CT molecular complexity index is 464. The third-order valence-electron chi connectivity index (χ3n) is 2.16. The molecular weight excluding hydrogens is 190 g/mol. The average Bonchev–Trinajstić information content (AvgIpc) is 2.70. The van der Waals surface area contributed by atoms with Crippen LogP contribution in [0.5, 0.6) is 0 Å². The Labute approximate surface area is 88.2 Å². The van der Waals surface area contributed by atoms with Crippen LogP contribution in [0.3, 0.4) is 0 Å². The fourth-order valence-electron chi connectivity index (χ4n) is 1.48. The van der Waals surface area contributed by atoms with Gasteiger partial charge in [0.05, 0.1) is 5.52 Å².